The number of nitrogen functional groups attached to an aromatic ring is 1. The number of rotatable bonds is 5. The number of oxazole rings is 1. The summed E-state index contributed by atoms with van der Waals surface area (Å²) < 4.78 is 27.4. The van der Waals surface area contributed by atoms with Crippen LogP contribution in [0.4, 0.5) is 5.69 Å². The van der Waals surface area contributed by atoms with Gasteiger partial charge in [0.05, 0.1) is 5.75 Å². The fourth-order valence-corrected chi connectivity index (χ4v) is 3.09. The highest BCUT2D eigenvalue weighted by molar-refractivity contribution is 7.99. The molecule has 0 fully saturated rings. The molecule has 0 unspecified atom stereocenters. The Morgan fingerprint density at radius 1 is 1.44 bits per heavy atom. The molecular weight excluding hydrogens is 272 g/mol. The average molecular weight is 286 g/mol. The van der Waals surface area contributed by atoms with Gasteiger partial charge >= 0.3 is 0 Å². The molecule has 0 atom stereocenters. The van der Waals surface area contributed by atoms with E-state index in [-0.39, 0.29) is 5.75 Å². The van der Waals surface area contributed by atoms with Gasteiger partial charge in [-0.25, -0.2) is 13.4 Å². The highest BCUT2D eigenvalue weighted by atomic mass is 32.2. The van der Waals surface area contributed by atoms with Crippen LogP contribution in [0.3, 0.4) is 0 Å². The molecule has 98 valence electrons. The fraction of sp³-hybridized carbons (Fsp3) is 0.364. The Bertz CT molecular complexity index is 649. The second-order valence-electron chi connectivity index (χ2n) is 4.04. The molecule has 2 rings (SSSR count). The van der Waals surface area contributed by atoms with Gasteiger partial charge in [-0.1, -0.05) is 11.8 Å². The van der Waals surface area contributed by atoms with Gasteiger partial charge in [-0.15, -0.1) is 0 Å². The van der Waals surface area contributed by atoms with Crippen LogP contribution in [-0.4, -0.2) is 31.2 Å². The van der Waals surface area contributed by atoms with Crippen molar-refractivity contribution >= 4 is 38.4 Å². The van der Waals surface area contributed by atoms with Gasteiger partial charge in [-0.2, -0.15) is 0 Å². The maximum absolute atomic E-state index is 11.0. The molecule has 1 aromatic heterocycles. The predicted octanol–water partition coefficient (Wildman–Crippen LogP) is 1.94. The zero-order chi connectivity index (χ0) is 13.2. The van der Waals surface area contributed by atoms with Gasteiger partial charge in [0.1, 0.15) is 15.4 Å². The van der Waals surface area contributed by atoms with Crippen LogP contribution in [0.5, 0.6) is 0 Å². The third-order valence-corrected chi connectivity index (χ3v) is 4.22. The third-order valence-electron chi connectivity index (χ3n) is 2.28. The molecule has 0 aliphatic rings. The summed E-state index contributed by atoms with van der Waals surface area (Å²) >= 11 is 1.41. The lowest BCUT2D eigenvalue weighted by Gasteiger charge is -1.96. The number of fused-ring (bicyclic) bond motifs is 1. The molecule has 2 N–H and O–H groups in total. The Hall–Kier alpha value is -1.21. The summed E-state index contributed by atoms with van der Waals surface area (Å²) in [7, 11) is -2.89. The van der Waals surface area contributed by atoms with Gasteiger partial charge in [0.15, 0.2) is 5.58 Å². The first-order valence-corrected chi connectivity index (χ1v) is 8.45. The number of hydrogen-bond donors (Lipinski definition) is 1. The molecule has 0 aliphatic heterocycles. The van der Waals surface area contributed by atoms with E-state index in [0.29, 0.717) is 28.7 Å². The Morgan fingerprint density at radius 3 is 2.94 bits per heavy atom. The first-order chi connectivity index (χ1) is 8.44. The maximum Gasteiger partial charge on any atom is 0.256 e. The monoisotopic (exact) mass is 286 g/mol. The third kappa shape index (κ3) is 3.64. The summed E-state index contributed by atoms with van der Waals surface area (Å²) in [4.78, 5) is 4.28. The Balaban J connectivity index is 1.96. The molecule has 0 aliphatic carbocycles. The minimum Gasteiger partial charge on any atom is -0.431 e. The quantitative estimate of drug-likeness (QED) is 0.513. The van der Waals surface area contributed by atoms with E-state index in [1.165, 1.54) is 18.0 Å². The van der Waals surface area contributed by atoms with E-state index in [9.17, 15) is 8.42 Å². The normalized spacial score (nSPS) is 12.1. The van der Waals surface area contributed by atoms with Crippen LogP contribution in [0.2, 0.25) is 0 Å². The summed E-state index contributed by atoms with van der Waals surface area (Å²) in [5.74, 6) is 0.850. The van der Waals surface area contributed by atoms with Crippen LogP contribution in [0.25, 0.3) is 11.1 Å². The Kier molecular flexibility index (Phi) is 3.82. The second kappa shape index (κ2) is 5.19. The summed E-state index contributed by atoms with van der Waals surface area (Å²) in [6, 6.07) is 5.29. The largest absolute Gasteiger partial charge is 0.431 e. The highest BCUT2D eigenvalue weighted by Crippen LogP contribution is 2.25. The van der Waals surface area contributed by atoms with Crippen LogP contribution in [0.1, 0.15) is 6.42 Å². The first-order valence-electron chi connectivity index (χ1n) is 5.41. The lowest BCUT2D eigenvalue weighted by atomic mass is 10.3. The first kappa shape index (κ1) is 13.2. The highest BCUT2D eigenvalue weighted by Gasteiger charge is 2.07. The number of benzene rings is 1. The van der Waals surface area contributed by atoms with Crippen molar-refractivity contribution in [3.63, 3.8) is 0 Å². The number of aromatic nitrogens is 1. The molecule has 7 heteroatoms. The summed E-state index contributed by atoms with van der Waals surface area (Å²) in [5, 5.41) is 0.545. The topological polar surface area (TPSA) is 86.2 Å². The maximum atomic E-state index is 11.0. The van der Waals surface area contributed by atoms with Gasteiger partial charge in [0.2, 0.25) is 0 Å². The molecule has 1 aromatic carbocycles. The van der Waals surface area contributed by atoms with E-state index in [1.54, 1.807) is 18.2 Å². The van der Waals surface area contributed by atoms with E-state index >= 15 is 0 Å². The number of thioether (sulfide) groups is 1. The second-order valence-corrected chi connectivity index (χ2v) is 7.34. The van der Waals surface area contributed by atoms with Crippen LogP contribution < -0.4 is 5.73 Å². The van der Waals surface area contributed by atoms with Gasteiger partial charge in [-0.3, -0.25) is 0 Å². The molecule has 0 saturated carbocycles. The van der Waals surface area contributed by atoms with Crippen LogP contribution in [0, 0.1) is 0 Å². The molecule has 5 nitrogen and oxygen atoms in total. The van der Waals surface area contributed by atoms with Gasteiger partial charge < -0.3 is 10.2 Å². The van der Waals surface area contributed by atoms with Crippen molar-refractivity contribution in [1.29, 1.82) is 0 Å². The van der Waals surface area contributed by atoms with Gasteiger partial charge in [0.25, 0.3) is 5.22 Å². The van der Waals surface area contributed by atoms with E-state index in [2.05, 4.69) is 4.98 Å². The minimum atomic E-state index is -2.89. The molecule has 0 bridgehead atoms. The lowest BCUT2D eigenvalue weighted by Crippen LogP contribution is -2.03. The molecule has 0 saturated heterocycles. The minimum absolute atomic E-state index is 0.188. The molecule has 18 heavy (non-hydrogen) atoms. The Morgan fingerprint density at radius 2 is 2.22 bits per heavy atom. The molecule has 0 radical (unpaired) electrons. The van der Waals surface area contributed by atoms with E-state index < -0.39 is 9.84 Å². The van der Waals surface area contributed by atoms with Crippen molar-refractivity contribution < 1.29 is 12.8 Å². The lowest BCUT2D eigenvalue weighted by molar-refractivity contribution is 0.489. The van der Waals surface area contributed by atoms with Crippen LogP contribution >= 0.6 is 11.8 Å². The van der Waals surface area contributed by atoms with Crippen molar-refractivity contribution in [2.45, 2.75) is 11.6 Å². The molecular formula is C11H14N2O3S2. The number of anilines is 1. The van der Waals surface area contributed by atoms with Crippen LogP contribution in [0.15, 0.2) is 27.8 Å². The number of sulfone groups is 1. The van der Waals surface area contributed by atoms with Crippen molar-refractivity contribution in [3.8, 4) is 0 Å². The van der Waals surface area contributed by atoms with Crippen LogP contribution in [-0.2, 0) is 9.84 Å². The molecule has 0 spiro atoms. The summed E-state index contributed by atoms with van der Waals surface area (Å²) in [6.45, 7) is 0. The van der Waals surface area contributed by atoms with Gasteiger partial charge in [-0.05, 0) is 18.6 Å². The van der Waals surface area contributed by atoms with Crippen molar-refractivity contribution in [2.75, 3.05) is 23.5 Å². The van der Waals surface area contributed by atoms with Crippen molar-refractivity contribution in [1.82, 2.24) is 4.98 Å². The molecule has 2 aromatic rings. The van der Waals surface area contributed by atoms with Crippen molar-refractivity contribution in [3.05, 3.63) is 18.2 Å². The van der Waals surface area contributed by atoms with E-state index in [4.69, 9.17) is 10.2 Å². The fourth-order valence-electron chi connectivity index (χ4n) is 1.46. The zero-order valence-electron chi connectivity index (χ0n) is 9.92. The standard InChI is InChI=1S/C11H14N2O3S2/c1-18(14,15)6-2-5-17-11-13-9-4-3-8(12)7-10(9)16-11/h3-4,7H,2,5-6,12H2,1H3. The smallest absolute Gasteiger partial charge is 0.256 e. The molecule has 1 heterocycles. The molecule has 0 amide bonds. The van der Waals surface area contributed by atoms with Crippen molar-refractivity contribution in [2.24, 2.45) is 0 Å². The van der Waals surface area contributed by atoms with Gasteiger partial charge in [0, 0.05) is 23.8 Å². The number of hydrogen-bond acceptors (Lipinski definition) is 6. The van der Waals surface area contributed by atoms with E-state index in [0.717, 1.165) is 5.52 Å². The summed E-state index contributed by atoms with van der Waals surface area (Å²) in [5.41, 5.74) is 7.69. The predicted molar refractivity (Wildman–Crippen MR) is 73.5 cm³/mol. The summed E-state index contributed by atoms with van der Waals surface area (Å²) in [6.07, 6.45) is 1.82. The SMILES string of the molecule is CS(=O)(=O)CCCSc1nc2ccc(N)cc2o1. The zero-order valence-corrected chi connectivity index (χ0v) is 11.6. The number of nitrogens with zero attached hydrogens (tertiary/aromatic N) is 1. The Labute approximate surface area is 110 Å². The average Bonchev–Trinajstić information content (AvgIpc) is 2.65. The van der Waals surface area contributed by atoms with E-state index in [1.807, 2.05) is 0 Å². The number of nitrogens with two attached hydrogens (primary N) is 1.